The second-order valence-corrected chi connectivity index (χ2v) is 7.37. The van der Waals surface area contributed by atoms with E-state index in [9.17, 15) is 9.59 Å². The fraction of sp³-hybridized carbons (Fsp3) is 0.294. The van der Waals surface area contributed by atoms with Crippen LogP contribution < -0.4 is 10.1 Å². The van der Waals surface area contributed by atoms with Crippen LogP contribution in [0.4, 0.5) is 5.00 Å². The number of esters is 1. The van der Waals surface area contributed by atoms with Gasteiger partial charge in [-0.2, -0.15) is 0 Å². The van der Waals surface area contributed by atoms with E-state index in [1.165, 1.54) is 24.5 Å². The van der Waals surface area contributed by atoms with E-state index in [1.54, 1.807) is 26.0 Å². The summed E-state index contributed by atoms with van der Waals surface area (Å²) in [7, 11) is 1.30. The molecule has 1 amide bonds. The fourth-order valence-electron chi connectivity index (χ4n) is 2.09. The highest BCUT2D eigenvalue weighted by Crippen LogP contribution is 2.33. The molecule has 0 aliphatic heterocycles. The van der Waals surface area contributed by atoms with Gasteiger partial charge in [-0.3, -0.25) is 4.79 Å². The van der Waals surface area contributed by atoms with Crippen LogP contribution in [0.5, 0.6) is 5.75 Å². The third-order valence-electron chi connectivity index (χ3n) is 3.58. The SMILES string of the molecule is COC(=O)c1c(NC(=O)[C@H](C)Oc2ccc(Cl)cc2Cl)sc(C)c1C. The summed E-state index contributed by atoms with van der Waals surface area (Å²) in [6, 6.07) is 4.74. The summed E-state index contributed by atoms with van der Waals surface area (Å²) in [5.41, 5.74) is 1.14. The van der Waals surface area contributed by atoms with Gasteiger partial charge in [-0.1, -0.05) is 23.2 Å². The number of carbonyl (C=O) groups is 2. The molecule has 1 aromatic carbocycles. The topological polar surface area (TPSA) is 64.6 Å². The lowest BCUT2D eigenvalue weighted by molar-refractivity contribution is -0.122. The van der Waals surface area contributed by atoms with Crippen LogP contribution in [-0.4, -0.2) is 25.1 Å². The molecule has 0 saturated heterocycles. The number of rotatable bonds is 5. The maximum atomic E-state index is 12.4. The Hall–Kier alpha value is -1.76. The zero-order chi connectivity index (χ0) is 18.7. The van der Waals surface area contributed by atoms with Gasteiger partial charge >= 0.3 is 5.97 Å². The first-order valence-electron chi connectivity index (χ1n) is 7.35. The van der Waals surface area contributed by atoms with E-state index in [-0.39, 0.29) is 0 Å². The van der Waals surface area contributed by atoms with Crippen molar-refractivity contribution in [3.8, 4) is 5.75 Å². The van der Waals surface area contributed by atoms with Gasteiger partial charge in [-0.15, -0.1) is 11.3 Å². The Labute approximate surface area is 159 Å². The summed E-state index contributed by atoms with van der Waals surface area (Å²) < 4.78 is 10.4. The Morgan fingerprint density at radius 2 is 1.92 bits per heavy atom. The highest BCUT2D eigenvalue weighted by molar-refractivity contribution is 7.16. The van der Waals surface area contributed by atoms with Crippen LogP contribution in [0, 0.1) is 13.8 Å². The van der Waals surface area contributed by atoms with Gasteiger partial charge in [0.25, 0.3) is 5.91 Å². The van der Waals surface area contributed by atoms with Crippen molar-refractivity contribution in [2.45, 2.75) is 26.9 Å². The van der Waals surface area contributed by atoms with Gasteiger partial charge < -0.3 is 14.8 Å². The average molecular weight is 402 g/mol. The lowest BCUT2D eigenvalue weighted by Crippen LogP contribution is -2.30. The fourth-order valence-corrected chi connectivity index (χ4v) is 3.60. The summed E-state index contributed by atoms with van der Waals surface area (Å²) in [5, 5.41) is 3.94. The van der Waals surface area contributed by atoms with Crippen molar-refractivity contribution in [2.24, 2.45) is 0 Å². The third kappa shape index (κ3) is 4.45. The summed E-state index contributed by atoms with van der Waals surface area (Å²) >= 11 is 13.2. The number of benzene rings is 1. The predicted octanol–water partition coefficient (Wildman–Crippen LogP) is 4.86. The second kappa shape index (κ2) is 8.08. The minimum Gasteiger partial charge on any atom is -0.479 e. The van der Waals surface area contributed by atoms with Gasteiger partial charge in [0, 0.05) is 9.90 Å². The molecular weight excluding hydrogens is 385 g/mol. The van der Waals surface area contributed by atoms with Crippen LogP contribution in [0.1, 0.15) is 27.7 Å². The summed E-state index contributed by atoms with van der Waals surface area (Å²) in [6.45, 7) is 5.27. The Bertz CT molecular complexity index is 819. The molecule has 2 aromatic rings. The zero-order valence-electron chi connectivity index (χ0n) is 14.1. The molecule has 8 heteroatoms. The number of thiophene rings is 1. The smallest absolute Gasteiger partial charge is 0.341 e. The first-order chi connectivity index (χ1) is 11.7. The normalized spacial score (nSPS) is 11.8. The minimum absolute atomic E-state index is 0.310. The van der Waals surface area contributed by atoms with Crippen molar-refractivity contribution in [3.63, 3.8) is 0 Å². The van der Waals surface area contributed by atoms with Crippen molar-refractivity contribution >= 4 is 51.4 Å². The lowest BCUT2D eigenvalue weighted by atomic mass is 10.1. The zero-order valence-corrected chi connectivity index (χ0v) is 16.4. The minimum atomic E-state index is -0.827. The van der Waals surface area contributed by atoms with E-state index in [1.807, 2.05) is 6.92 Å². The van der Waals surface area contributed by atoms with Crippen LogP contribution in [0.2, 0.25) is 10.0 Å². The third-order valence-corrected chi connectivity index (χ3v) is 5.23. The van der Waals surface area contributed by atoms with Crippen LogP contribution in [-0.2, 0) is 9.53 Å². The molecule has 0 aliphatic carbocycles. The number of hydrogen-bond acceptors (Lipinski definition) is 5. The monoisotopic (exact) mass is 401 g/mol. The van der Waals surface area contributed by atoms with E-state index < -0.39 is 18.0 Å². The van der Waals surface area contributed by atoms with E-state index in [2.05, 4.69) is 5.32 Å². The van der Waals surface area contributed by atoms with Crippen molar-refractivity contribution in [2.75, 3.05) is 12.4 Å². The molecule has 0 radical (unpaired) electrons. The number of methoxy groups -OCH3 is 1. The highest BCUT2D eigenvalue weighted by Gasteiger charge is 2.24. The van der Waals surface area contributed by atoms with E-state index in [0.29, 0.717) is 26.4 Å². The summed E-state index contributed by atoms with van der Waals surface area (Å²) in [5.74, 6) is -0.552. The van der Waals surface area contributed by atoms with Gasteiger partial charge in [0.05, 0.1) is 17.7 Å². The van der Waals surface area contributed by atoms with Crippen molar-refractivity contribution in [3.05, 3.63) is 44.2 Å². The van der Waals surface area contributed by atoms with E-state index in [0.717, 1.165) is 10.4 Å². The standard InChI is InChI=1S/C17H17Cl2NO4S/c1-8-10(3)25-16(14(8)17(22)23-4)20-15(21)9(2)24-13-6-5-11(18)7-12(13)19/h5-7,9H,1-4H3,(H,20,21)/t9-/m0/s1. The van der Waals surface area contributed by atoms with E-state index in [4.69, 9.17) is 32.7 Å². The molecule has 0 unspecified atom stereocenters. The first-order valence-corrected chi connectivity index (χ1v) is 8.92. The molecule has 5 nitrogen and oxygen atoms in total. The Balaban J connectivity index is 2.16. The number of halogens is 2. The molecule has 134 valence electrons. The molecule has 25 heavy (non-hydrogen) atoms. The predicted molar refractivity (Wildman–Crippen MR) is 100 cm³/mol. The summed E-state index contributed by atoms with van der Waals surface area (Å²) in [4.78, 5) is 25.3. The largest absolute Gasteiger partial charge is 0.479 e. The molecule has 0 aliphatic rings. The Morgan fingerprint density at radius 3 is 2.52 bits per heavy atom. The number of anilines is 1. The van der Waals surface area contributed by atoms with Crippen LogP contribution >= 0.6 is 34.5 Å². The van der Waals surface area contributed by atoms with Crippen LogP contribution in [0.25, 0.3) is 0 Å². The second-order valence-electron chi connectivity index (χ2n) is 5.30. The molecule has 0 saturated carbocycles. The molecule has 0 fully saturated rings. The number of amides is 1. The quantitative estimate of drug-likeness (QED) is 0.726. The maximum Gasteiger partial charge on any atom is 0.341 e. The maximum absolute atomic E-state index is 12.4. The molecule has 1 aromatic heterocycles. The van der Waals surface area contributed by atoms with Crippen LogP contribution in [0.15, 0.2) is 18.2 Å². The van der Waals surface area contributed by atoms with Crippen molar-refractivity contribution < 1.29 is 19.1 Å². The van der Waals surface area contributed by atoms with E-state index >= 15 is 0 Å². The molecule has 2 rings (SSSR count). The lowest BCUT2D eigenvalue weighted by Gasteiger charge is -2.15. The van der Waals surface area contributed by atoms with Gasteiger partial charge in [0.15, 0.2) is 6.10 Å². The number of ether oxygens (including phenoxy) is 2. The van der Waals surface area contributed by atoms with Gasteiger partial charge in [-0.25, -0.2) is 4.79 Å². The first kappa shape index (κ1) is 19.6. The molecule has 0 bridgehead atoms. The number of nitrogens with one attached hydrogen (secondary N) is 1. The molecular formula is C17H17Cl2NO4S. The number of carbonyl (C=O) groups excluding carboxylic acids is 2. The Kier molecular flexibility index (Phi) is 6.32. The summed E-state index contributed by atoms with van der Waals surface area (Å²) in [6.07, 6.45) is -0.827. The highest BCUT2D eigenvalue weighted by atomic mass is 35.5. The van der Waals surface area contributed by atoms with Gasteiger partial charge in [0.2, 0.25) is 0 Å². The Morgan fingerprint density at radius 1 is 1.24 bits per heavy atom. The molecule has 1 atom stereocenters. The van der Waals surface area contributed by atoms with Crippen molar-refractivity contribution in [1.82, 2.24) is 0 Å². The van der Waals surface area contributed by atoms with Gasteiger partial charge in [-0.05, 0) is 44.5 Å². The van der Waals surface area contributed by atoms with Crippen LogP contribution in [0.3, 0.4) is 0 Å². The van der Waals surface area contributed by atoms with Gasteiger partial charge in [0.1, 0.15) is 10.8 Å². The number of hydrogen-bond donors (Lipinski definition) is 1. The molecule has 0 spiro atoms. The molecule has 1 N–H and O–H groups in total. The average Bonchev–Trinajstić information content (AvgIpc) is 2.83. The number of aryl methyl sites for hydroxylation is 1. The molecule has 1 heterocycles. The van der Waals surface area contributed by atoms with Crippen molar-refractivity contribution in [1.29, 1.82) is 0 Å².